The second-order valence-corrected chi connectivity index (χ2v) is 6.04. The molecule has 18 heavy (non-hydrogen) atoms. The van der Waals surface area contributed by atoms with E-state index in [2.05, 4.69) is 29.4 Å². The average molecular weight is 265 g/mol. The molecule has 1 aliphatic heterocycles. The molecular weight excluding hydrogens is 242 g/mol. The Hall–Kier alpha value is -0.670. The molecule has 100 valence electrons. The van der Waals surface area contributed by atoms with Crippen molar-refractivity contribution in [3.05, 3.63) is 29.8 Å². The number of aliphatic hydroxyl groups is 1. The summed E-state index contributed by atoms with van der Waals surface area (Å²) in [6.07, 6.45) is 5.14. The average Bonchev–Trinajstić information content (AvgIpc) is 2.46. The molecule has 1 saturated heterocycles. The number of benzene rings is 1. The van der Waals surface area contributed by atoms with E-state index < -0.39 is 0 Å². The zero-order valence-corrected chi connectivity index (χ0v) is 12.1. The van der Waals surface area contributed by atoms with Gasteiger partial charge in [0.15, 0.2) is 0 Å². The summed E-state index contributed by atoms with van der Waals surface area (Å²) in [7, 11) is 0. The molecule has 0 saturated carbocycles. The fourth-order valence-corrected chi connectivity index (χ4v) is 3.29. The number of para-hydroxylation sites is 1. The Morgan fingerprint density at radius 1 is 1.33 bits per heavy atom. The van der Waals surface area contributed by atoms with Crippen LogP contribution in [-0.4, -0.2) is 29.7 Å². The van der Waals surface area contributed by atoms with Crippen molar-refractivity contribution in [1.29, 1.82) is 0 Å². The summed E-state index contributed by atoms with van der Waals surface area (Å²) < 4.78 is 0. The number of hydrogen-bond donors (Lipinski definition) is 1. The molecule has 0 bridgehead atoms. The van der Waals surface area contributed by atoms with Gasteiger partial charge in [0.1, 0.15) is 0 Å². The van der Waals surface area contributed by atoms with Gasteiger partial charge < -0.3 is 10.0 Å². The smallest absolute Gasteiger partial charge is 0.0807 e. The topological polar surface area (TPSA) is 23.5 Å². The Labute approximate surface area is 114 Å². The molecule has 1 atom stereocenters. The summed E-state index contributed by atoms with van der Waals surface area (Å²) in [5, 5.41) is 10.9. The zero-order valence-electron chi connectivity index (χ0n) is 11.3. The maximum atomic E-state index is 10.1. The van der Waals surface area contributed by atoms with Crippen LogP contribution in [0.4, 0.5) is 5.69 Å². The van der Waals surface area contributed by atoms with E-state index in [0.29, 0.717) is 0 Å². The summed E-state index contributed by atoms with van der Waals surface area (Å²) in [5.74, 6) is 0. The molecule has 1 heterocycles. The van der Waals surface area contributed by atoms with Gasteiger partial charge >= 0.3 is 0 Å². The molecule has 0 spiro atoms. The Balaban J connectivity index is 2.13. The summed E-state index contributed by atoms with van der Waals surface area (Å²) >= 11 is 1.98. The van der Waals surface area contributed by atoms with Crippen molar-refractivity contribution in [3.8, 4) is 0 Å². The number of hydrogen-bond acceptors (Lipinski definition) is 3. The minimum Gasteiger partial charge on any atom is -0.388 e. The third-order valence-electron chi connectivity index (χ3n) is 3.80. The number of thioether (sulfide) groups is 1. The maximum absolute atomic E-state index is 10.1. The van der Waals surface area contributed by atoms with Crippen LogP contribution in [0.15, 0.2) is 24.3 Å². The van der Waals surface area contributed by atoms with E-state index >= 15 is 0 Å². The highest BCUT2D eigenvalue weighted by Crippen LogP contribution is 2.31. The van der Waals surface area contributed by atoms with Gasteiger partial charge in [-0.25, -0.2) is 0 Å². The predicted molar refractivity (Wildman–Crippen MR) is 80.4 cm³/mol. The van der Waals surface area contributed by atoms with Crippen LogP contribution in [0.2, 0.25) is 0 Å². The summed E-state index contributed by atoms with van der Waals surface area (Å²) in [4.78, 5) is 2.43. The van der Waals surface area contributed by atoms with Crippen LogP contribution in [-0.2, 0) is 0 Å². The Morgan fingerprint density at radius 3 is 2.61 bits per heavy atom. The van der Waals surface area contributed by atoms with Crippen LogP contribution in [0.25, 0.3) is 0 Å². The lowest BCUT2D eigenvalue weighted by Gasteiger charge is -2.34. The largest absolute Gasteiger partial charge is 0.388 e. The second kappa shape index (κ2) is 6.48. The standard InChI is InChI=1S/C15H23NOS/c1-3-15(17)13-6-4-5-7-14(13)16-10-8-12(18-2)9-11-16/h4-7,12,15,17H,3,8-11H2,1-2H3/t15-/m0/s1. The first-order valence-electron chi connectivity index (χ1n) is 6.81. The minimum atomic E-state index is -0.334. The molecule has 1 aromatic rings. The van der Waals surface area contributed by atoms with Crippen molar-refractivity contribution in [2.75, 3.05) is 24.2 Å². The van der Waals surface area contributed by atoms with Gasteiger partial charge in [0.05, 0.1) is 6.10 Å². The maximum Gasteiger partial charge on any atom is 0.0807 e. The lowest BCUT2D eigenvalue weighted by molar-refractivity contribution is 0.174. The molecule has 0 aliphatic carbocycles. The van der Waals surface area contributed by atoms with E-state index in [9.17, 15) is 5.11 Å². The normalized spacial score (nSPS) is 18.9. The molecule has 1 aliphatic rings. The Kier molecular flexibility index (Phi) is 4.95. The Bertz CT molecular complexity index is 375. The Morgan fingerprint density at radius 2 is 2.00 bits per heavy atom. The summed E-state index contributed by atoms with van der Waals surface area (Å²) in [6, 6.07) is 8.30. The lowest BCUT2D eigenvalue weighted by Crippen LogP contribution is -2.35. The van der Waals surface area contributed by atoms with Gasteiger partial charge in [0.2, 0.25) is 0 Å². The highest BCUT2D eigenvalue weighted by atomic mass is 32.2. The monoisotopic (exact) mass is 265 g/mol. The van der Waals surface area contributed by atoms with Gasteiger partial charge in [-0.15, -0.1) is 0 Å². The van der Waals surface area contributed by atoms with Gasteiger partial charge in [0, 0.05) is 29.6 Å². The molecule has 0 aromatic heterocycles. The van der Waals surface area contributed by atoms with Gasteiger partial charge in [-0.2, -0.15) is 11.8 Å². The van der Waals surface area contributed by atoms with Crippen LogP contribution < -0.4 is 4.90 Å². The van der Waals surface area contributed by atoms with Gasteiger partial charge in [-0.3, -0.25) is 0 Å². The van der Waals surface area contributed by atoms with E-state index in [-0.39, 0.29) is 6.10 Å². The molecule has 0 unspecified atom stereocenters. The third-order valence-corrected chi connectivity index (χ3v) is 4.94. The highest BCUT2D eigenvalue weighted by molar-refractivity contribution is 7.99. The lowest BCUT2D eigenvalue weighted by atomic mass is 10.0. The number of rotatable bonds is 4. The van der Waals surface area contributed by atoms with Crippen molar-refractivity contribution < 1.29 is 5.11 Å². The fourth-order valence-electron chi connectivity index (χ4n) is 2.61. The first-order chi connectivity index (χ1) is 8.76. The van der Waals surface area contributed by atoms with E-state index in [1.807, 2.05) is 24.8 Å². The first kappa shape index (κ1) is 13.8. The summed E-state index contributed by atoms with van der Waals surface area (Å²) in [5.41, 5.74) is 2.31. The van der Waals surface area contributed by atoms with Crippen molar-refractivity contribution >= 4 is 17.4 Å². The van der Waals surface area contributed by atoms with Crippen LogP contribution >= 0.6 is 11.8 Å². The molecular formula is C15H23NOS. The molecule has 2 rings (SSSR count). The van der Waals surface area contributed by atoms with Crippen molar-refractivity contribution in [2.24, 2.45) is 0 Å². The van der Waals surface area contributed by atoms with E-state index in [1.165, 1.54) is 18.5 Å². The molecule has 0 radical (unpaired) electrons. The van der Waals surface area contributed by atoms with E-state index in [0.717, 1.165) is 30.3 Å². The first-order valence-corrected chi connectivity index (χ1v) is 8.09. The number of anilines is 1. The highest BCUT2D eigenvalue weighted by Gasteiger charge is 2.21. The minimum absolute atomic E-state index is 0.334. The number of nitrogens with zero attached hydrogens (tertiary/aromatic N) is 1. The molecule has 1 N–H and O–H groups in total. The zero-order chi connectivity index (χ0) is 13.0. The fraction of sp³-hybridized carbons (Fsp3) is 0.600. The number of piperidine rings is 1. The van der Waals surface area contributed by atoms with Crippen molar-refractivity contribution in [2.45, 2.75) is 37.5 Å². The molecule has 2 nitrogen and oxygen atoms in total. The summed E-state index contributed by atoms with van der Waals surface area (Å²) in [6.45, 7) is 4.25. The van der Waals surface area contributed by atoms with Crippen LogP contribution in [0.1, 0.15) is 37.9 Å². The van der Waals surface area contributed by atoms with E-state index in [1.54, 1.807) is 0 Å². The van der Waals surface area contributed by atoms with Crippen LogP contribution in [0.3, 0.4) is 0 Å². The molecule has 1 fully saturated rings. The SMILES string of the molecule is CC[C@H](O)c1ccccc1N1CCC(SC)CC1. The van der Waals surface area contributed by atoms with Gasteiger partial charge in [-0.1, -0.05) is 25.1 Å². The molecule has 1 aromatic carbocycles. The van der Waals surface area contributed by atoms with E-state index in [4.69, 9.17) is 0 Å². The quantitative estimate of drug-likeness (QED) is 0.902. The predicted octanol–water partition coefficient (Wildman–Crippen LogP) is 3.46. The van der Waals surface area contributed by atoms with Crippen LogP contribution in [0, 0.1) is 0 Å². The molecule has 0 amide bonds. The van der Waals surface area contributed by atoms with Gasteiger partial charge in [0.25, 0.3) is 0 Å². The third kappa shape index (κ3) is 3.01. The number of aliphatic hydroxyl groups excluding tert-OH is 1. The van der Waals surface area contributed by atoms with Crippen molar-refractivity contribution in [3.63, 3.8) is 0 Å². The molecule has 3 heteroatoms. The van der Waals surface area contributed by atoms with Gasteiger partial charge in [-0.05, 0) is 31.6 Å². The second-order valence-electron chi connectivity index (χ2n) is 4.90. The van der Waals surface area contributed by atoms with Crippen molar-refractivity contribution in [1.82, 2.24) is 0 Å². The van der Waals surface area contributed by atoms with Crippen LogP contribution in [0.5, 0.6) is 0 Å².